The number of dihydropyridines is 1. The van der Waals surface area contributed by atoms with Crippen LogP contribution in [-0.2, 0) is 9.59 Å². The number of halogens is 1. The first-order valence-corrected chi connectivity index (χ1v) is 14.3. The van der Waals surface area contributed by atoms with Gasteiger partial charge in [-0.05, 0) is 57.9 Å². The lowest BCUT2D eigenvalue weighted by atomic mass is 9.89. The monoisotopic (exact) mass is 545 g/mol. The fourth-order valence-corrected chi connectivity index (χ4v) is 6.34. The molecule has 5 rings (SSSR count). The highest BCUT2D eigenvalue weighted by Gasteiger charge is 2.48. The molecule has 1 N–H and O–H groups in total. The van der Waals surface area contributed by atoms with Crippen LogP contribution >= 0.6 is 23.4 Å². The van der Waals surface area contributed by atoms with Crippen molar-refractivity contribution in [2.75, 3.05) is 25.9 Å². The quantitative estimate of drug-likeness (QED) is 0.570. The van der Waals surface area contributed by atoms with E-state index in [9.17, 15) is 14.4 Å². The zero-order valence-corrected chi connectivity index (χ0v) is 23.1. The summed E-state index contributed by atoms with van der Waals surface area (Å²) >= 11 is 8.05. The number of hydrogen-bond acceptors (Lipinski definition) is 6. The normalized spacial score (nSPS) is 25.6. The van der Waals surface area contributed by atoms with E-state index in [0.717, 1.165) is 30.6 Å². The van der Waals surface area contributed by atoms with Crippen LogP contribution in [0, 0.1) is 24.7 Å². The van der Waals surface area contributed by atoms with Gasteiger partial charge in [-0.2, -0.15) is 0 Å². The number of benzene rings is 1. The van der Waals surface area contributed by atoms with Gasteiger partial charge in [0.25, 0.3) is 17.6 Å². The molecule has 10 heteroatoms. The maximum Gasteiger partial charge on any atom is 0.255 e. The van der Waals surface area contributed by atoms with Gasteiger partial charge in [0, 0.05) is 60.1 Å². The number of piperidine rings is 1. The Morgan fingerprint density at radius 2 is 1.86 bits per heavy atom. The van der Waals surface area contributed by atoms with E-state index in [0.29, 0.717) is 46.4 Å². The molecule has 1 aliphatic carbocycles. The summed E-state index contributed by atoms with van der Waals surface area (Å²) in [6.07, 6.45) is 7.33. The Morgan fingerprint density at radius 3 is 2.51 bits per heavy atom. The average molecular weight is 546 g/mol. The summed E-state index contributed by atoms with van der Waals surface area (Å²) < 4.78 is 12.7. The lowest BCUT2D eigenvalue weighted by Crippen LogP contribution is -2.50. The number of nitrogens with zero attached hydrogens (tertiary/aromatic N) is 2. The molecule has 4 aliphatic rings. The zero-order valence-electron chi connectivity index (χ0n) is 21.6. The molecule has 3 heterocycles. The third-order valence-electron chi connectivity index (χ3n) is 7.75. The molecular formula is C27H32ClN3O5S. The smallest absolute Gasteiger partial charge is 0.255 e. The van der Waals surface area contributed by atoms with Crippen LogP contribution in [0.2, 0.25) is 5.02 Å². The second-order valence-electron chi connectivity index (χ2n) is 10.4. The first kappa shape index (κ1) is 26.1. The number of allylic oxidation sites excluding steroid dienone is 1. The van der Waals surface area contributed by atoms with Gasteiger partial charge in [0.05, 0.1) is 10.9 Å². The van der Waals surface area contributed by atoms with Gasteiger partial charge in [0.1, 0.15) is 0 Å². The minimum absolute atomic E-state index is 0.0778. The number of carbonyl (C=O) groups is 3. The maximum atomic E-state index is 13.2. The molecule has 0 aromatic heterocycles. The molecule has 8 nitrogen and oxygen atoms in total. The van der Waals surface area contributed by atoms with Crippen molar-refractivity contribution in [2.45, 2.75) is 52.2 Å². The number of fused-ring (bicyclic) bond motifs is 1. The van der Waals surface area contributed by atoms with Crippen molar-refractivity contribution in [1.82, 2.24) is 10.2 Å². The number of hydrogen-bond donors (Lipinski definition) is 1. The number of nitrogens with one attached hydrogen (secondary N) is 1. The molecule has 0 spiro atoms. The summed E-state index contributed by atoms with van der Waals surface area (Å²) in [6.45, 7) is 7.01. The molecule has 2 atom stereocenters. The van der Waals surface area contributed by atoms with Crippen molar-refractivity contribution in [3.8, 4) is 11.5 Å². The van der Waals surface area contributed by atoms with Crippen molar-refractivity contribution in [3.05, 3.63) is 33.2 Å². The van der Waals surface area contributed by atoms with E-state index in [2.05, 4.69) is 10.3 Å². The maximum absolute atomic E-state index is 13.2. The molecule has 3 amide bonds. The number of ether oxygens (including phenoxy) is 2. The van der Waals surface area contributed by atoms with Gasteiger partial charge in [0.2, 0.25) is 5.91 Å². The Labute approximate surface area is 226 Å². The van der Waals surface area contributed by atoms with Gasteiger partial charge < -0.3 is 19.7 Å². The van der Waals surface area contributed by atoms with Gasteiger partial charge in [-0.25, -0.2) is 4.99 Å². The van der Waals surface area contributed by atoms with E-state index in [1.165, 1.54) is 11.8 Å². The predicted molar refractivity (Wildman–Crippen MR) is 143 cm³/mol. The molecule has 3 aliphatic heterocycles. The Kier molecular flexibility index (Phi) is 7.04. The topological polar surface area (TPSA) is 97.3 Å². The second-order valence-corrected chi connectivity index (χ2v) is 11.7. The molecule has 1 aromatic rings. The Morgan fingerprint density at radius 1 is 1.19 bits per heavy atom. The molecule has 1 saturated heterocycles. The number of carbonyl (C=O) groups excluding carboxylic acids is 3. The molecular weight excluding hydrogens is 514 g/mol. The number of aliphatic imine (C=N–C) groups is 1. The molecule has 2 fully saturated rings. The number of likely N-dealkylation sites (tertiary alicyclic amines) is 1. The van der Waals surface area contributed by atoms with E-state index in [1.54, 1.807) is 13.0 Å². The summed E-state index contributed by atoms with van der Waals surface area (Å²) in [5, 5.41) is 3.18. The van der Waals surface area contributed by atoms with Crippen LogP contribution in [0.5, 0.6) is 11.5 Å². The zero-order chi connectivity index (χ0) is 26.5. The molecule has 198 valence electrons. The van der Waals surface area contributed by atoms with Gasteiger partial charge in [-0.1, -0.05) is 11.6 Å². The summed E-state index contributed by atoms with van der Waals surface area (Å²) in [5.41, 5.74) is 1.67. The molecule has 1 unspecified atom stereocenters. The van der Waals surface area contributed by atoms with Crippen molar-refractivity contribution >= 4 is 46.8 Å². The lowest BCUT2D eigenvalue weighted by Gasteiger charge is -2.39. The first-order chi connectivity index (χ1) is 17.6. The average Bonchev–Trinajstić information content (AvgIpc) is 3.66. The van der Waals surface area contributed by atoms with Crippen molar-refractivity contribution < 1.29 is 23.9 Å². The Bertz CT molecular complexity index is 1220. The standard InChI is InChI=1S/C27H32ClN3O5S/c1-14-11-21(37-4)19(25(33)30-14)13-29-24(32)18-12-20(28)23-22(15(18)2)35-27(3,36-23)17-7-9-31(10-8-17)26(34)16-5-6-16/h11-12,16-17,19H,5-10,13H2,1-4H3,(H,29,32)/t19?,27-/m0/s1. The van der Waals surface area contributed by atoms with E-state index in [-0.39, 0.29) is 36.1 Å². The van der Waals surface area contributed by atoms with E-state index < -0.39 is 11.7 Å². The molecule has 1 saturated carbocycles. The minimum atomic E-state index is -0.928. The summed E-state index contributed by atoms with van der Waals surface area (Å²) in [6, 6.07) is 1.59. The third-order valence-corrected chi connectivity index (χ3v) is 8.90. The Balaban J connectivity index is 1.27. The fraction of sp³-hybridized carbons (Fsp3) is 0.556. The van der Waals surface area contributed by atoms with Crippen LogP contribution in [0.4, 0.5) is 0 Å². The first-order valence-electron chi connectivity index (χ1n) is 12.7. The highest BCUT2D eigenvalue weighted by Crippen LogP contribution is 2.51. The molecule has 0 bridgehead atoms. The summed E-state index contributed by atoms with van der Waals surface area (Å²) in [4.78, 5) is 44.9. The lowest BCUT2D eigenvalue weighted by molar-refractivity contribution is -0.143. The number of rotatable bonds is 6. The van der Waals surface area contributed by atoms with Crippen molar-refractivity contribution in [1.29, 1.82) is 0 Å². The van der Waals surface area contributed by atoms with Crippen LogP contribution in [-0.4, -0.2) is 60.0 Å². The van der Waals surface area contributed by atoms with Gasteiger partial charge in [0.15, 0.2) is 11.5 Å². The third kappa shape index (κ3) is 5.00. The highest BCUT2D eigenvalue weighted by molar-refractivity contribution is 8.02. The van der Waals surface area contributed by atoms with Crippen molar-refractivity contribution in [2.24, 2.45) is 22.7 Å². The number of amides is 3. The molecule has 1 aromatic carbocycles. The molecule has 37 heavy (non-hydrogen) atoms. The van der Waals surface area contributed by atoms with E-state index in [4.69, 9.17) is 21.1 Å². The van der Waals surface area contributed by atoms with E-state index in [1.807, 2.05) is 31.1 Å². The predicted octanol–water partition coefficient (Wildman–Crippen LogP) is 4.38. The van der Waals surface area contributed by atoms with Crippen LogP contribution in [0.25, 0.3) is 0 Å². The minimum Gasteiger partial charge on any atom is -0.448 e. The van der Waals surface area contributed by atoms with Gasteiger partial charge in [-0.15, -0.1) is 11.8 Å². The largest absolute Gasteiger partial charge is 0.448 e. The summed E-state index contributed by atoms with van der Waals surface area (Å²) in [7, 11) is 0. The van der Waals surface area contributed by atoms with Gasteiger partial charge in [-0.3, -0.25) is 14.4 Å². The van der Waals surface area contributed by atoms with Crippen LogP contribution in [0.3, 0.4) is 0 Å². The van der Waals surface area contributed by atoms with E-state index >= 15 is 0 Å². The Hall–Kier alpha value is -2.52. The fourth-order valence-electron chi connectivity index (χ4n) is 5.35. The van der Waals surface area contributed by atoms with Crippen LogP contribution in [0.1, 0.15) is 55.5 Å². The molecule has 0 radical (unpaired) electrons. The summed E-state index contributed by atoms with van der Waals surface area (Å²) in [5.74, 6) is -0.559. The number of thioether (sulfide) groups is 1. The van der Waals surface area contributed by atoms with Crippen LogP contribution in [0.15, 0.2) is 22.0 Å². The van der Waals surface area contributed by atoms with Gasteiger partial charge >= 0.3 is 0 Å². The van der Waals surface area contributed by atoms with Crippen LogP contribution < -0.4 is 14.8 Å². The second kappa shape index (κ2) is 9.98. The van der Waals surface area contributed by atoms with Crippen molar-refractivity contribution in [3.63, 3.8) is 0 Å². The SMILES string of the molecule is CSC1=CC(C)=NC(=O)C1CNC(=O)c1cc(Cl)c2c(c1C)O[C@](C)(C1CCN(C(=O)C3CC3)CC1)O2. The highest BCUT2D eigenvalue weighted by atomic mass is 35.5.